The molecule has 1 saturated heterocycles. The van der Waals surface area contributed by atoms with Gasteiger partial charge in [0.1, 0.15) is 5.75 Å². The van der Waals surface area contributed by atoms with Gasteiger partial charge in [-0.15, -0.1) is 0 Å². The van der Waals surface area contributed by atoms with Crippen LogP contribution in [-0.4, -0.2) is 42.0 Å². The standard InChI is InChI=1S/C19H22N2O2/c1-15(22)17-8-5-9-18(19(17)23)21-12-10-20(11-13-21)14-16-6-3-2-4-7-16/h2-9,23H,10-14H2,1H3. The molecule has 2 aromatic rings. The first kappa shape index (κ1) is 15.6. The van der Waals surface area contributed by atoms with Gasteiger partial charge in [0.05, 0.1) is 11.3 Å². The van der Waals surface area contributed by atoms with Crippen molar-refractivity contribution in [2.45, 2.75) is 13.5 Å². The number of phenols is 1. The molecule has 1 heterocycles. The van der Waals surface area contributed by atoms with Crippen LogP contribution in [-0.2, 0) is 6.54 Å². The topological polar surface area (TPSA) is 43.8 Å². The molecule has 2 aromatic carbocycles. The lowest BCUT2D eigenvalue weighted by Gasteiger charge is -2.36. The van der Waals surface area contributed by atoms with Crippen LogP contribution >= 0.6 is 0 Å². The van der Waals surface area contributed by atoms with Crippen molar-refractivity contribution in [1.82, 2.24) is 4.90 Å². The minimum atomic E-state index is -0.105. The smallest absolute Gasteiger partial charge is 0.163 e. The third-order valence-electron chi connectivity index (χ3n) is 4.36. The zero-order chi connectivity index (χ0) is 16.2. The number of rotatable bonds is 4. The van der Waals surface area contributed by atoms with E-state index in [1.54, 1.807) is 6.07 Å². The van der Waals surface area contributed by atoms with E-state index in [2.05, 4.69) is 34.1 Å². The molecule has 3 rings (SSSR count). The first-order valence-electron chi connectivity index (χ1n) is 7.99. The van der Waals surface area contributed by atoms with E-state index in [4.69, 9.17) is 0 Å². The summed E-state index contributed by atoms with van der Waals surface area (Å²) >= 11 is 0. The van der Waals surface area contributed by atoms with Gasteiger partial charge in [-0.2, -0.15) is 0 Å². The summed E-state index contributed by atoms with van der Waals surface area (Å²) in [5.41, 5.74) is 2.48. The van der Waals surface area contributed by atoms with E-state index in [9.17, 15) is 9.90 Å². The predicted molar refractivity (Wildman–Crippen MR) is 92.0 cm³/mol. The maximum Gasteiger partial charge on any atom is 0.163 e. The maximum absolute atomic E-state index is 11.6. The monoisotopic (exact) mass is 310 g/mol. The Hall–Kier alpha value is -2.33. The Kier molecular flexibility index (Phi) is 4.63. The van der Waals surface area contributed by atoms with Crippen molar-refractivity contribution in [2.24, 2.45) is 0 Å². The molecule has 0 aliphatic carbocycles. The molecule has 1 aliphatic rings. The Balaban J connectivity index is 1.65. The van der Waals surface area contributed by atoms with Crippen molar-refractivity contribution in [2.75, 3.05) is 31.1 Å². The molecule has 4 heteroatoms. The van der Waals surface area contributed by atoms with Crippen LogP contribution in [0, 0.1) is 0 Å². The number of anilines is 1. The van der Waals surface area contributed by atoms with Crippen LogP contribution < -0.4 is 4.90 Å². The average Bonchev–Trinajstić information content (AvgIpc) is 2.57. The summed E-state index contributed by atoms with van der Waals surface area (Å²) in [5, 5.41) is 10.3. The van der Waals surface area contributed by atoms with E-state index in [1.807, 2.05) is 18.2 Å². The van der Waals surface area contributed by atoms with Gasteiger partial charge in [0, 0.05) is 32.7 Å². The van der Waals surface area contributed by atoms with Gasteiger partial charge in [-0.25, -0.2) is 0 Å². The number of carbonyl (C=O) groups excluding carboxylic acids is 1. The van der Waals surface area contributed by atoms with Gasteiger partial charge in [0.2, 0.25) is 0 Å². The summed E-state index contributed by atoms with van der Waals surface area (Å²) in [4.78, 5) is 16.1. The van der Waals surface area contributed by atoms with Crippen molar-refractivity contribution in [3.63, 3.8) is 0 Å². The predicted octanol–water partition coefficient (Wildman–Crippen LogP) is 2.92. The van der Waals surface area contributed by atoms with Gasteiger partial charge in [0.15, 0.2) is 5.78 Å². The van der Waals surface area contributed by atoms with Gasteiger partial charge < -0.3 is 10.0 Å². The largest absolute Gasteiger partial charge is 0.505 e. The lowest BCUT2D eigenvalue weighted by atomic mass is 10.1. The van der Waals surface area contributed by atoms with Crippen LogP contribution in [0.5, 0.6) is 5.75 Å². The van der Waals surface area contributed by atoms with E-state index >= 15 is 0 Å². The molecule has 23 heavy (non-hydrogen) atoms. The number of ketones is 1. The molecular weight excluding hydrogens is 288 g/mol. The number of phenolic OH excluding ortho intramolecular Hbond substituents is 1. The van der Waals surface area contributed by atoms with Crippen LogP contribution in [0.2, 0.25) is 0 Å². The van der Waals surface area contributed by atoms with Crippen LogP contribution in [0.25, 0.3) is 0 Å². The van der Waals surface area contributed by atoms with Gasteiger partial charge in [0.25, 0.3) is 0 Å². The molecule has 0 saturated carbocycles. The van der Waals surface area contributed by atoms with E-state index in [0.29, 0.717) is 5.56 Å². The highest BCUT2D eigenvalue weighted by atomic mass is 16.3. The Morgan fingerprint density at radius 2 is 1.70 bits per heavy atom. The zero-order valence-electron chi connectivity index (χ0n) is 13.4. The molecular formula is C19H22N2O2. The third-order valence-corrected chi connectivity index (χ3v) is 4.36. The molecule has 1 aliphatic heterocycles. The summed E-state index contributed by atoms with van der Waals surface area (Å²) in [5.74, 6) is 0.00331. The summed E-state index contributed by atoms with van der Waals surface area (Å²) in [6.45, 7) is 6.02. The second-order valence-corrected chi connectivity index (χ2v) is 5.98. The summed E-state index contributed by atoms with van der Waals surface area (Å²) in [6, 6.07) is 15.9. The fourth-order valence-electron chi connectivity index (χ4n) is 3.06. The molecule has 0 atom stereocenters. The summed E-state index contributed by atoms with van der Waals surface area (Å²) in [7, 11) is 0. The van der Waals surface area contributed by atoms with E-state index < -0.39 is 0 Å². The molecule has 4 nitrogen and oxygen atoms in total. The second-order valence-electron chi connectivity index (χ2n) is 5.98. The first-order valence-corrected chi connectivity index (χ1v) is 7.99. The minimum absolute atomic E-state index is 0.105. The van der Waals surface area contributed by atoms with Crippen LogP contribution in [0.15, 0.2) is 48.5 Å². The second kappa shape index (κ2) is 6.84. The number of aromatic hydroxyl groups is 1. The fourth-order valence-corrected chi connectivity index (χ4v) is 3.06. The number of para-hydroxylation sites is 1. The fraction of sp³-hybridized carbons (Fsp3) is 0.316. The van der Waals surface area contributed by atoms with E-state index in [-0.39, 0.29) is 11.5 Å². The summed E-state index contributed by atoms with van der Waals surface area (Å²) < 4.78 is 0. The van der Waals surface area contributed by atoms with Gasteiger partial charge in [-0.3, -0.25) is 9.69 Å². The normalized spacial score (nSPS) is 15.6. The minimum Gasteiger partial charge on any atom is -0.505 e. The van der Waals surface area contributed by atoms with Crippen molar-refractivity contribution < 1.29 is 9.90 Å². The Bertz CT molecular complexity index is 677. The van der Waals surface area contributed by atoms with Gasteiger partial charge >= 0.3 is 0 Å². The number of hydrogen-bond acceptors (Lipinski definition) is 4. The van der Waals surface area contributed by atoms with Crippen LogP contribution in [0.1, 0.15) is 22.8 Å². The van der Waals surface area contributed by atoms with Crippen molar-refractivity contribution in [1.29, 1.82) is 0 Å². The Labute approximate surface area is 137 Å². The number of piperazine rings is 1. The Morgan fingerprint density at radius 3 is 2.35 bits per heavy atom. The molecule has 0 radical (unpaired) electrons. The number of nitrogens with zero attached hydrogens (tertiary/aromatic N) is 2. The molecule has 0 bridgehead atoms. The van der Waals surface area contributed by atoms with Crippen molar-refractivity contribution >= 4 is 11.5 Å². The van der Waals surface area contributed by atoms with Crippen molar-refractivity contribution in [3.05, 3.63) is 59.7 Å². The molecule has 0 aromatic heterocycles. The molecule has 120 valence electrons. The molecule has 0 spiro atoms. The molecule has 1 fully saturated rings. The average molecular weight is 310 g/mol. The highest BCUT2D eigenvalue weighted by Gasteiger charge is 2.21. The molecule has 0 amide bonds. The lowest BCUT2D eigenvalue weighted by Crippen LogP contribution is -2.46. The highest BCUT2D eigenvalue weighted by molar-refractivity contribution is 5.98. The lowest BCUT2D eigenvalue weighted by molar-refractivity contribution is 0.101. The number of benzene rings is 2. The van der Waals surface area contributed by atoms with E-state index in [0.717, 1.165) is 38.4 Å². The van der Waals surface area contributed by atoms with Crippen LogP contribution in [0.4, 0.5) is 5.69 Å². The SMILES string of the molecule is CC(=O)c1cccc(N2CCN(Cc3ccccc3)CC2)c1O. The zero-order valence-corrected chi connectivity index (χ0v) is 13.4. The van der Waals surface area contributed by atoms with Crippen LogP contribution in [0.3, 0.4) is 0 Å². The van der Waals surface area contributed by atoms with Crippen molar-refractivity contribution in [3.8, 4) is 5.75 Å². The Morgan fingerprint density at radius 1 is 1.00 bits per heavy atom. The highest BCUT2D eigenvalue weighted by Crippen LogP contribution is 2.31. The van der Waals surface area contributed by atoms with Gasteiger partial charge in [-0.1, -0.05) is 36.4 Å². The quantitative estimate of drug-likeness (QED) is 0.882. The summed E-state index contributed by atoms with van der Waals surface area (Å²) in [6.07, 6.45) is 0. The molecule has 0 unspecified atom stereocenters. The number of Topliss-reactive ketones (excluding diaryl/α,β-unsaturated/α-hetero) is 1. The molecule has 1 N–H and O–H groups in total. The van der Waals surface area contributed by atoms with E-state index in [1.165, 1.54) is 12.5 Å². The third kappa shape index (κ3) is 3.54. The maximum atomic E-state index is 11.6. The number of hydrogen-bond donors (Lipinski definition) is 1. The first-order chi connectivity index (χ1) is 11.1. The van der Waals surface area contributed by atoms with Gasteiger partial charge in [-0.05, 0) is 24.6 Å². The number of carbonyl (C=O) groups is 1.